The zero-order valence-corrected chi connectivity index (χ0v) is 20.7. The molecular formula is C22H39IN6O. The minimum atomic E-state index is 0. The number of hydrogen-bond donors (Lipinski definition) is 2. The second-order valence-electron chi connectivity index (χ2n) is 8.02. The van der Waals surface area contributed by atoms with Gasteiger partial charge >= 0.3 is 0 Å². The Morgan fingerprint density at radius 3 is 2.47 bits per heavy atom. The number of halogens is 1. The van der Waals surface area contributed by atoms with Crippen molar-refractivity contribution in [1.82, 2.24) is 15.1 Å². The molecule has 3 rings (SSSR count). The van der Waals surface area contributed by atoms with Gasteiger partial charge in [0.15, 0.2) is 5.96 Å². The molecular weight excluding hydrogens is 491 g/mol. The fourth-order valence-corrected chi connectivity index (χ4v) is 3.95. The molecule has 0 aliphatic carbocycles. The molecule has 0 spiro atoms. The summed E-state index contributed by atoms with van der Waals surface area (Å²) in [5, 5.41) is 3.26. The van der Waals surface area contributed by atoms with Crippen LogP contribution in [-0.4, -0.2) is 94.4 Å². The maximum atomic E-state index is 5.99. The molecule has 0 radical (unpaired) electrons. The quantitative estimate of drug-likeness (QED) is 0.220. The number of guanidine groups is 1. The number of hydrogen-bond acceptors (Lipinski definition) is 5. The molecule has 2 heterocycles. The van der Waals surface area contributed by atoms with Crippen LogP contribution in [0.2, 0.25) is 0 Å². The standard InChI is InChI=1S/C22H38N6O.HI/c1-20-5-2-6-21(19-20)28-13-11-26(12-14-28)9-3-7-24-22(23)25-8-4-10-27-15-17-29-18-16-27;/h2,5-6,19H,3-4,7-18H2,1H3,(H3,23,24,25);1H. The molecule has 0 bridgehead atoms. The van der Waals surface area contributed by atoms with E-state index in [4.69, 9.17) is 10.5 Å². The number of nitrogens with zero attached hydrogens (tertiary/aromatic N) is 4. The normalized spacial score (nSPS) is 18.8. The van der Waals surface area contributed by atoms with Crippen LogP contribution < -0.4 is 16.0 Å². The van der Waals surface area contributed by atoms with E-state index in [0.717, 1.165) is 91.5 Å². The first-order chi connectivity index (χ1) is 14.2. The number of nitrogens with two attached hydrogens (primary N) is 1. The molecule has 2 saturated heterocycles. The van der Waals surface area contributed by atoms with E-state index in [1.165, 1.54) is 11.3 Å². The van der Waals surface area contributed by atoms with Crippen LogP contribution in [0.4, 0.5) is 5.69 Å². The lowest BCUT2D eigenvalue weighted by atomic mass is 10.2. The van der Waals surface area contributed by atoms with E-state index >= 15 is 0 Å². The average molecular weight is 530 g/mol. The Morgan fingerprint density at radius 1 is 1.03 bits per heavy atom. The fraction of sp³-hybridized carbons (Fsp3) is 0.682. The van der Waals surface area contributed by atoms with E-state index < -0.39 is 0 Å². The highest BCUT2D eigenvalue weighted by Gasteiger charge is 2.16. The Labute approximate surface area is 199 Å². The molecule has 0 atom stereocenters. The number of morpholine rings is 1. The van der Waals surface area contributed by atoms with E-state index in [0.29, 0.717) is 5.96 Å². The van der Waals surface area contributed by atoms with Gasteiger partial charge in [-0.3, -0.25) is 14.8 Å². The van der Waals surface area contributed by atoms with Crippen LogP contribution in [0.15, 0.2) is 29.3 Å². The van der Waals surface area contributed by atoms with Gasteiger partial charge in [-0.1, -0.05) is 12.1 Å². The van der Waals surface area contributed by atoms with Crippen molar-refractivity contribution in [1.29, 1.82) is 0 Å². The van der Waals surface area contributed by atoms with Crippen molar-refractivity contribution in [2.75, 3.05) is 83.6 Å². The van der Waals surface area contributed by atoms with E-state index in [9.17, 15) is 0 Å². The van der Waals surface area contributed by atoms with Crippen LogP contribution in [0, 0.1) is 6.92 Å². The number of piperazine rings is 1. The van der Waals surface area contributed by atoms with Crippen molar-refractivity contribution < 1.29 is 4.74 Å². The summed E-state index contributed by atoms with van der Waals surface area (Å²) in [6, 6.07) is 8.81. The topological polar surface area (TPSA) is 69.4 Å². The molecule has 0 amide bonds. The summed E-state index contributed by atoms with van der Waals surface area (Å²) < 4.78 is 5.37. The molecule has 170 valence electrons. The molecule has 30 heavy (non-hydrogen) atoms. The van der Waals surface area contributed by atoms with Gasteiger partial charge in [0.1, 0.15) is 0 Å². The van der Waals surface area contributed by atoms with Gasteiger partial charge in [0.25, 0.3) is 0 Å². The van der Waals surface area contributed by atoms with Crippen molar-refractivity contribution in [3.63, 3.8) is 0 Å². The van der Waals surface area contributed by atoms with Crippen molar-refractivity contribution in [3.05, 3.63) is 29.8 Å². The lowest BCUT2D eigenvalue weighted by Crippen LogP contribution is -2.47. The average Bonchev–Trinajstić information content (AvgIpc) is 2.75. The first kappa shape index (κ1) is 25.2. The lowest BCUT2D eigenvalue weighted by Gasteiger charge is -2.36. The Hall–Kier alpha value is -1.10. The highest BCUT2D eigenvalue weighted by atomic mass is 127. The SMILES string of the molecule is Cc1cccc(N2CCN(CCCNC(N)=NCCCN3CCOCC3)CC2)c1.I. The van der Waals surface area contributed by atoms with Crippen molar-refractivity contribution in [2.24, 2.45) is 10.7 Å². The van der Waals surface area contributed by atoms with E-state index in [2.05, 4.69) is 56.2 Å². The Kier molecular flexibility index (Phi) is 11.8. The molecule has 0 unspecified atom stereocenters. The summed E-state index contributed by atoms with van der Waals surface area (Å²) >= 11 is 0. The van der Waals surface area contributed by atoms with Gasteiger partial charge < -0.3 is 20.7 Å². The summed E-state index contributed by atoms with van der Waals surface area (Å²) in [4.78, 5) is 11.9. The van der Waals surface area contributed by atoms with Crippen molar-refractivity contribution in [3.8, 4) is 0 Å². The summed E-state index contributed by atoms with van der Waals surface area (Å²) in [6.07, 6.45) is 2.14. The van der Waals surface area contributed by atoms with Crippen LogP contribution in [0.25, 0.3) is 0 Å². The highest BCUT2D eigenvalue weighted by Crippen LogP contribution is 2.17. The van der Waals surface area contributed by atoms with Gasteiger partial charge in [0, 0.05) is 64.6 Å². The number of aryl methyl sites for hydroxylation is 1. The number of benzene rings is 1. The van der Waals surface area contributed by atoms with Crippen LogP contribution in [0.1, 0.15) is 18.4 Å². The predicted octanol–water partition coefficient (Wildman–Crippen LogP) is 1.75. The Bertz CT molecular complexity index is 630. The van der Waals surface area contributed by atoms with Crippen molar-refractivity contribution >= 4 is 35.6 Å². The summed E-state index contributed by atoms with van der Waals surface area (Å²) in [6.45, 7) is 14.3. The third-order valence-electron chi connectivity index (χ3n) is 5.71. The van der Waals surface area contributed by atoms with Gasteiger partial charge in [-0.2, -0.15) is 0 Å². The van der Waals surface area contributed by atoms with Crippen LogP contribution in [0.3, 0.4) is 0 Å². The van der Waals surface area contributed by atoms with Crippen LogP contribution in [0.5, 0.6) is 0 Å². The summed E-state index contributed by atoms with van der Waals surface area (Å²) in [7, 11) is 0. The molecule has 8 heteroatoms. The third-order valence-corrected chi connectivity index (χ3v) is 5.71. The van der Waals surface area contributed by atoms with E-state index in [1.807, 2.05) is 0 Å². The van der Waals surface area contributed by atoms with Gasteiger partial charge in [-0.15, -0.1) is 24.0 Å². The zero-order chi connectivity index (χ0) is 20.3. The van der Waals surface area contributed by atoms with Crippen LogP contribution in [-0.2, 0) is 4.74 Å². The maximum absolute atomic E-state index is 5.99. The number of nitrogens with one attached hydrogen (secondary N) is 1. The minimum absolute atomic E-state index is 0. The molecule has 0 aromatic heterocycles. The largest absolute Gasteiger partial charge is 0.379 e. The number of rotatable bonds is 9. The first-order valence-corrected chi connectivity index (χ1v) is 11.1. The molecule has 2 aliphatic heterocycles. The van der Waals surface area contributed by atoms with Crippen molar-refractivity contribution in [2.45, 2.75) is 19.8 Å². The zero-order valence-electron chi connectivity index (χ0n) is 18.4. The van der Waals surface area contributed by atoms with Gasteiger partial charge in [-0.25, -0.2) is 0 Å². The first-order valence-electron chi connectivity index (χ1n) is 11.1. The van der Waals surface area contributed by atoms with Crippen LogP contribution >= 0.6 is 24.0 Å². The third kappa shape index (κ3) is 8.95. The molecule has 1 aromatic rings. The maximum Gasteiger partial charge on any atom is 0.188 e. The molecule has 1 aromatic carbocycles. The number of ether oxygens (including phenoxy) is 1. The van der Waals surface area contributed by atoms with Gasteiger partial charge in [-0.05, 0) is 44.0 Å². The predicted molar refractivity (Wildman–Crippen MR) is 136 cm³/mol. The second kappa shape index (κ2) is 14.1. The molecule has 2 aliphatic rings. The molecule has 7 nitrogen and oxygen atoms in total. The molecule has 2 fully saturated rings. The van der Waals surface area contributed by atoms with Gasteiger partial charge in [0.2, 0.25) is 0 Å². The molecule has 0 saturated carbocycles. The summed E-state index contributed by atoms with van der Waals surface area (Å²) in [5.41, 5.74) is 8.67. The Morgan fingerprint density at radius 2 is 1.73 bits per heavy atom. The molecule has 3 N–H and O–H groups in total. The monoisotopic (exact) mass is 530 g/mol. The van der Waals surface area contributed by atoms with E-state index in [-0.39, 0.29) is 24.0 Å². The second-order valence-corrected chi connectivity index (χ2v) is 8.02. The lowest BCUT2D eigenvalue weighted by molar-refractivity contribution is 0.0377. The highest BCUT2D eigenvalue weighted by molar-refractivity contribution is 14.0. The number of aliphatic imine (C=N–C) groups is 1. The Balaban J connectivity index is 0.00000320. The minimum Gasteiger partial charge on any atom is -0.379 e. The number of anilines is 1. The van der Waals surface area contributed by atoms with Gasteiger partial charge in [0.05, 0.1) is 13.2 Å². The smallest absolute Gasteiger partial charge is 0.188 e. The fourth-order valence-electron chi connectivity index (χ4n) is 3.95. The summed E-state index contributed by atoms with van der Waals surface area (Å²) in [5.74, 6) is 0.580. The van der Waals surface area contributed by atoms with E-state index in [1.54, 1.807) is 0 Å².